The fraction of sp³-hybridized carbons (Fsp3) is 0.150. The fourth-order valence-electron chi connectivity index (χ4n) is 2.58. The molecule has 138 valence electrons. The molecule has 7 heteroatoms. The number of aromatic nitrogens is 2. The van der Waals surface area contributed by atoms with Crippen LogP contribution >= 0.6 is 0 Å². The van der Waals surface area contributed by atoms with Crippen LogP contribution in [0.15, 0.2) is 60.9 Å². The van der Waals surface area contributed by atoms with Gasteiger partial charge in [0.15, 0.2) is 0 Å². The molecule has 0 aliphatic rings. The summed E-state index contributed by atoms with van der Waals surface area (Å²) in [6.07, 6.45) is 1.29. The van der Waals surface area contributed by atoms with Gasteiger partial charge < -0.3 is 10.2 Å². The van der Waals surface area contributed by atoms with E-state index in [9.17, 15) is 13.6 Å². The minimum atomic E-state index is -0.850. The molecule has 0 aliphatic heterocycles. The van der Waals surface area contributed by atoms with Crippen molar-refractivity contribution in [3.05, 3.63) is 83.8 Å². The summed E-state index contributed by atoms with van der Waals surface area (Å²) in [6, 6.07) is 14.4. The maximum absolute atomic E-state index is 13.7. The topological polar surface area (TPSA) is 58.1 Å². The van der Waals surface area contributed by atoms with E-state index in [0.717, 1.165) is 11.6 Å². The third-order valence-electron chi connectivity index (χ3n) is 3.99. The molecular formula is C20H18F2N4O. The first-order valence-corrected chi connectivity index (χ1v) is 8.44. The summed E-state index contributed by atoms with van der Waals surface area (Å²) in [7, 11) is 0. The van der Waals surface area contributed by atoms with Gasteiger partial charge >= 0.3 is 0 Å². The minimum absolute atomic E-state index is 0.0928. The summed E-state index contributed by atoms with van der Waals surface area (Å²) in [5.41, 5.74) is 1.09. The van der Waals surface area contributed by atoms with Gasteiger partial charge in [0, 0.05) is 25.2 Å². The molecule has 0 aliphatic carbocycles. The zero-order valence-corrected chi connectivity index (χ0v) is 14.7. The smallest absolute Gasteiger partial charge is 0.274 e. The van der Waals surface area contributed by atoms with E-state index in [1.54, 1.807) is 6.07 Å². The number of anilines is 2. The second kappa shape index (κ2) is 8.35. The lowest BCUT2D eigenvalue weighted by Gasteiger charge is -2.22. The first-order valence-electron chi connectivity index (χ1n) is 8.44. The molecule has 0 bridgehead atoms. The number of carbonyl (C=O) groups excluding carboxylic acids is 1. The van der Waals surface area contributed by atoms with Crippen LogP contribution in [0.3, 0.4) is 0 Å². The number of hydrogen-bond acceptors (Lipinski definition) is 4. The fourth-order valence-corrected chi connectivity index (χ4v) is 2.58. The van der Waals surface area contributed by atoms with Crippen LogP contribution in [0, 0.1) is 11.6 Å². The van der Waals surface area contributed by atoms with Crippen molar-refractivity contribution in [3.8, 4) is 0 Å². The second-order valence-electron chi connectivity index (χ2n) is 5.84. The summed E-state index contributed by atoms with van der Waals surface area (Å²) in [5, 5.41) is 2.40. The van der Waals surface area contributed by atoms with Gasteiger partial charge in [0.25, 0.3) is 5.91 Å². The number of carbonyl (C=O) groups is 1. The van der Waals surface area contributed by atoms with Gasteiger partial charge in [0.05, 0.1) is 5.69 Å². The van der Waals surface area contributed by atoms with Crippen LogP contribution in [-0.4, -0.2) is 22.4 Å². The SMILES string of the molecule is CCN(Cc1ccccc1)c1cc(C(=O)Nc2ccc(F)cc2F)ncn1. The highest BCUT2D eigenvalue weighted by Crippen LogP contribution is 2.18. The standard InChI is InChI=1S/C20H18F2N4O/c1-2-26(12-14-6-4-3-5-7-14)19-11-18(23-13-24-19)20(27)25-17-9-8-15(21)10-16(17)22/h3-11,13H,2,12H2,1H3,(H,25,27). The number of hydrogen-bond donors (Lipinski definition) is 1. The Bertz CT molecular complexity index is 934. The molecule has 1 N–H and O–H groups in total. The molecule has 0 spiro atoms. The van der Waals surface area contributed by atoms with Gasteiger partial charge in [-0.25, -0.2) is 18.7 Å². The molecule has 1 aromatic heterocycles. The molecule has 0 atom stereocenters. The van der Waals surface area contributed by atoms with E-state index in [1.165, 1.54) is 12.4 Å². The lowest BCUT2D eigenvalue weighted by molar-refractivity contribution is 0.102. The summed E-state index contributed by atoms with van der Waals surface area (Å²) in [6.45, 7) is 3.29. The third kappa shape index (κ3) is 4.63. The highest BCUT2D eigenvalue weighted by molar-refractivity contribution is 6.03. The summed E-state index contributed by atoms with van der Waals surface area (Å²) in [5.74, 6) is -1.58. The van der Waals surface area contributed by atoms with Gasteiger partial charge in [-0.05, 0) is 24.6 Å². The maximum atomic E-state index is 13.7. The quantitative estimate of drug-likeness (QED) is 0.714. The number of halogens is 2. The predicted molar refractivity (Wildman–Crippen MR) is 99.5 cm³/mol. The van der Waals surface area contributed by atoms with E-state index in [4.69, 9.17) is 0 Å². The molecule has 0 radical (unpaired) electrons. The molecule has 0 saturated carbocycles. The van der Waals surface area contributed by atoms with Gasteiger partial charge in [0.1, 0.15) is 29.5 Å². The van der Waals surface area contributed by atoms with E-state index in [-0.39, 0.29) is 11.4 Å². The number of rotatable bonds is 6. The van der Waals surface area contributed by atoms with Crippen molar-refractivity contribution >= 4 is 17.4 Å². The molecule has 1 amide bonds. The van der Waals surface area contributed by atoms with Crippen LogP contribution in [-0.2, 0) is 6.54 Å². The van der Waals surface area contributed by atoms with Crippen molar-refractivity contribution in [2.45, 2.75) is 13.5 Å². The van der Waals surface area contributed by atoms with Crippen LogP contribution in [0.25, 0.3) is 0 Å². The Hall–Kier alpha value is -3.35. The van der Waals surface area contributed by atoms with E-state index < -0.39 is 17.5 Å². The Morgan fingerprint density at radius 2 is 1.85 bits per heavy atom. The first kappa shape index (κ1) is 18.4. The van der Waals surface area contributed by atoms with E-state index >= 15 is 0 Å². The Kier molecular flexibility index (Phi) is 5.71. The van der Waals surface area contributed by atoms with E-state index in [0.29, 0.717) is 25.0 Å². The molecule has 27 heavy (non-hydrogen) atoms. The number of nitrogens with zero attached hydrogens (tertiary/aromatic N) is 3. The lowest BCUT2D eigenvalue weighted by Crippen LogP contribution is -2.24. The molecule has 5 nitrogen and oxygen atoms in total. The van der Waals surface area contributed by atoms with Gasteiger partial charge in [-0.3, -0.25) is 4.79 Å². The molecule has 1 heterocycles. The zero-order valence-electron chi connectivity index (χ0n) is 14.7. The van der Waals surface area contributed by atoms with Crippen molar-refractivity contribution in [2.75, 3.05) is 16.8 Å². The van der Waals surface area contributed by atoms with Gasteiger partial charge in [0.2, 0.25) is 0 Å². The third-order valence-corrected chi connectivity index (χ3v) is 3.99. The molecule has 0 fully saturated rings. The summed E-state index contributed by atoms with van der Waals surface area (Å²) in [4.78, 5) is 22.6. The molecule has 2 aromatic carbocycles. The van der Waals surface area contributed by atoms with Crippen molar-refractivity contribution in [1.29, 1.82) is 0 Å². The summed E-state index contributed by atoms with van der Waals surface area (Å²) < 4.78 is 26.7. The number of nitrogens with one attached hydrogen (secondary N) is 1. The second-order valence-corrected chi connectivity index (χ2v) is 5.84. The van der Waals surface area contributed by atoms with Crippen LogP contribution in [0.2, 0.25) is 0 Å². The highest BCUT2D eigenvalue weighted by Gasteiger charge is 2.14. The van der Waals surface area contributed by atoms with E-state index in [2.05, 4.69) is 15.3 Å². The molecular weight excluding hydrogens is 350 g/mol. The van der Waals surface area contributed by atoms with Crippen LogP contribution in [0.4, 0.5) is 20.3 Å². The first-order chi connectivity index (χ1) is 13.1. The Labute approximate surface area is 155 Å². The molecule has 3 aromatic rings. The van der Waals surface area contributed by atoms with Crippen molar-refractivity contribution in [3.63, 3.8) is 0 Å². The number of benzene rings is 2. The van der Waals surface area contributed by atoms with E-state index in [1.807, 2.05) is 42.2 Å². The average molecular weight is 368 g/mol. The molecule has 0 saturated heterocycles. The number of amides is 1. The Morgan fingerprint density at radius 3 is 2.56 bits per heavy atom. The minimum Gasteiger partial charge on any atom is -0.352 e. The predicted octanol–water partition coefficient (Wildman–Crippen LogP) is 4.03. The van der Waals surface area contributed by atoms with Crippen molar-refractivity contribution in [1.82, 2.24) is 9.97 Å². The Balaban J connectivity index is 1.78. The highest BCUT2D eigenvalue weighted by atomic mass is 19.1. The zero-order chi connectivity index (χ0) is 19.2. The summed E-state index contributed by atoms with van der Waals surface area (Å²) >= 11 is 0. The van der Waals surface area contributed by atoms with Gasteiger partial charge in [-0.2, -0.15) is 0 Å². The van der Waals surface area contributed by atoms with Gasteiger partial charge in [-0.1, -0.05) is 30.3 Å². The monoisotopic (exact) mass is 368 g/mol. The normalized spacial score (nSPS) is 10.5. The maximum Gasteiger partial charge on any atom is 0.274 e. The Morgan fingerprint density at radius 1 is 1.07 bits per heavy atom. The van der Waals surface area contributed by atoms with Crippen LogP contribution in [0.5, 0.6) is 0 Å². The van der Waals surface area contributed by atoms with Crippen molar-refractivity contribution in [2.24, 2.45) is 0 Å². The van der Waals surface area contributed by atoms with Gasteiger partial charge in [-0.15, -0.1) is 0 Å². The van der Waals surface area contributed by atoms with Crippen molar-refractivity contribution < 1.29 is 13.6 Å². The average Bonchev–Trinajstić information content (AvgIpc) is 2.69. The molecule has 0 unspecified atom stereocenters. The largest absolute Gasteiger partial charge is 0.352 e. The lowest BCUT2D eigenvalue weighted by atomic mass is 10.2. The van der Waals surface area contributed by atoms with Crippen LogP contribution in [0.1, 0.15) is 23.0 Å². The van der Waals surface area contributed by atoms with Crippen LogP contribution < -0.4 is 10.2 Å². The molecule has 3 rings (SSSR count).